The molecule has 2 aromatic rings. The van der Waals surface area contributed by atoms with Crippen molar-refractivity contribution in [3.8, 4) is 11.5 Å². The van der Waals surface area contributed by atoms with Gasteiger partial charge in [0, 0.05) is 10.0 Å². The van der Waals surface area contributed by atoms with Crippen LogP contribution in [0.15, 0.2) is 53.0 Å². The second-order valence-electron chi connectivity index (χ2n) is 5.18. The molecule has 0 saturated carbocycles. The van der Waals surface area contributed by atoms with Crippen LogP contribution >= 0.6 is 15.9 Å². The fraction of sp³-hybridized carbons (Fsp3) is 0.235. The van der Waals surface area contributed by atoms with Crippen molar-refractivity contribution in [1.82, 2.24) is 5.32 Å². The maximum absolute atomic E-state index is 12.2. The predicted octanol–water partition coefficient (Wildman–Crippen LogP) is 3.41. The Hall–Kier alpha value is -2.01. The molecule has 0 fully saturated rings. The van der Waals surface area contributed by atoms with Gasteiger partial charge in [0.2, 0.25) is 0 Å². The number of para-hydroxylation sites is 2. The molecule has 0 bridgehead atoms. The van der Waals surface area contributed by atoms with E-state index in [2.05, 4.69) is 21.2 Å². The molecule has 0 aliphatic carbocycles. The topological polar surface area (TPSA) is 47.6 Å². The molecule has 1 aliphatic rings. The van der Waals surface area contributed by atoms with E-state index < -0.39 is 0 Å². The highest BCUT2D eigenvalue weighted by molar-refractivity contribution is 9.10. The number of hydrogen-bond donors (Lipinski definition) is 1. The SMILES string of the molecule is C[C@H](NC(=O)c1ccc(Br)cc1)[C@@H]1COc2ccccc2O1. The molecule has 1 amide bonds. The first-order chi connectivity index (χ1) is 10.6. The van der Waals surface area contributed by atoms with Crippen LogP contribution < -0.4 is 14.8 Å². The lowest BCUT2D eigenvalue weighted by Crippen LogP contribution is -2.48. The average molecular weight is 362 g/mol. The summed E-state index contributed by atoms with van der Waals surface area (Å²) in [6.45, 7) is 2.33. The highest BCUT2D eigenvalue weighted by atomic mass is 79.9. The average Bonchev–Trinajstić information content (AvgIpc) is 2.55. The number of ether oxygens (including phenoxy) is 2. The van der Waals surface area contributed by atoms with E-state index in [0.717, 1.165) is 10.2 Å². The van der Waals surface area contributed by atoms with Gasteiger partial charge >= 0.3 is 0 Å². The molecule has 1 N–H and O–H groups in total. The molecule has 3 rings (SSSR count). The van der Waals surface area contributed by atoms with Gasteiger partial charge in [-0.15, -0.1) is 0 Å². The Morgan fingerprint density at radius 3 is 2.59 bits per heavy atom. The molecule has 0 saturated heterocycles. The van der Waals surface area contributed by atoms with Gasteiger partial charge < -0.3 is 14.8 Å². The third-order valence-electron chi connectivity index (χ3n) is 3.55. The monoisotopic (exact) mass is 361 g/mol. The van der Waals surface area contributed by atoms with Gasteiger partial charge in [0.1, 0.15) is 6.61 Å². The third kappa shape index (κ3) is 3.25. The fourth-order valence-electron chi connectivity index (χ4n) is 2.27. The Labute approximate surface area is 137 Å². The van der Waals surface area contributed by atoms with Gasteiger partial charge in [-0.3, -0.25) is 4.79 Å². The van der Waals surface area contributed by atoms with Gasteiger partial charge in [0.15, 0.2) is 17.6 Å². The van der Waals surface area contributed by atoms with Crippen LogP contribution in [0.1, 0.15) is 17.3 Å². The molecule has 0 spiro atoms. The summed E-state index contributed by atoms with van der Waals surface area (Å²) in [5.41, 5.74) is 0.618. The number of halogens is 1. The van der Waals surface area contributed by atoms with E-state index in [1.807, 2.05) is 43.3 Å². The number of hydrogen-bond acceptors (Lipinski definition) is 3. The molecule has 2 aromatic carbocycles. The molecule has 114 valence electrons. The van der Waals surface area contributed by atoms with Gasteiger partial charge in [-0.1, -0.05) is 28.1 Å². The summed E-state index contributed by atoms with van der Waals surface area (Å²) in [6, 6.07) is 14.6. The van der Waals surface area contributed by atoms with Crippen LogP contribution in [0.25, 0.3) is 0 Å². The number of fused-ring (bicyclic) bond motifs is 1. The van der Waals surface area contributed by atoms with Gasteiger partial charge in [0.05, 0.1) is 6.04 Å². The van der Waals surface area contributed by atoms with E-state index in [1.54, 1.807) is 12.1 Å². The first kappa shape index (κ1) is 14.9. The summed E-state index contributed by atoms with van der Waals surface area (Å²) in [4.78, 5) is 12.2. The molecule has 1 heterocycles. The zero-order chi connectivity index (χ0) is 15.5. The van der Waals surface area contributed by atoms with Crippen LogP contribution in [0.3, 0.4) is 0 Å². The van der Waals surface area contributed by atoms with E-state index in [4.69, 9.17) is 9.47 Å². The van der Waals surface area contributed by atoms with Crippen LogP contribution in [0.4, 0.5) is 0 Å². The van der Waals surface area contributed by atoms with E-state index in [0.29, 0.717) is 17.9 Å². The highest BCUT2D eigenvalue weighted by Gasteiger charge is 2.27. The molecule has 5 heteroatoms. The molecule has 0 radical (unpaired) electrons. The number of rotatable bonds is 3. The number of nitrogens with one attached hydrogen (secondary N) is 1. The summed E-state index contributed by atoms with van der Waals surface area (Å²) in [6.07, 6.45) is -0.214. The maximum atomic E-state index is 12.2. The summed E-state index contributed by atoms with van der Waals surface area (Å²) in [7, 11) is 0. The molecule has 1 aliphatic heterocycles. The molecular formula is C17H16BrNO3. The summed E-state index contributed by atoms with van der Waals surface area (Å²) >= 11 is 3.36. The van der Waals surface area contributed by atoms with Crippen molar-refractivity contribution in [2.45, 2.75) is 19.1 Å². The van der Waals surface area contributed by atoms with Gasteiger partial charge in [-0.25, -0.2) is 0 Å². The minimum atomic E-state index is -0.214. The van der Waals surface area contributed by atoms with Crippen molar-refractivity contribution in [2.24, 2.45) is 0 Å². The molecule has 0 unspecified atom stereocenters. The van der Waals surface area contributed by atoms with Crippen molar-refractivity contribution in [2.75, 3.05) is 6.61 Å². The summed E-state index contributed by atoms with van der Waals surface area (Å²) in [5, 5.41) is 2.96. The van der Waals surface area contributed by atoms with Crippen LogP contribution in [-0.2, 0) is 0 Å². The number of benzene rings is 2. The minimum Gasteiger partial charge on any atom is -0.486 e. The zero-order valence-electron chi connectivity index (χ0n) is 12.1. The number of carbonyl (C=O) groups is 1. The Morgan fingerprint density at radius 2 is 1.86 bits per heavy atom. The second kappa shape index (κ2) is 6.40. The lowest BCUT2D eigenvalue weighted by molar-refractivity contribution is 0.0606. The molecule has 22 heavy (non-hydrogen) atoms. The largest absolute Gasteiger partial charge is 0.486 e. The van der Waals surface area contributed by atoms with E-state index in [9.17, 15) is 4.79 Å². The third-order valence-corrected chi connectivity index (χ3v) is 4.08. The minimum absolute atomic E-state index is 0.123. The molecular weight excluding hydrogens is 346 g/mol. The van der Waals surface area contributed by atoms with Gasteiger partial charge in [-0.05, 0) is 43.3 Å². The first-order valence-electron chi connectivity index (χ1n) is 7.08. The zero-order valence-corrected chi connectivity index (χ0v) is 13.7. The maximum Gasteiger partial charge on any atom is 0.251 e. The lowest BCUT2D eigenvalue weighted by atomic mass is 10.1. The van der Waals surface area contributed by atoms with Crippen molar-refractivity contribution >= 4 is 21.8 Å². The standard InChI is InChI=1S/C17H16BrNO3/c1-11(19-17(20)12-6-8-13(18)9-7-12)16-10-21-14-4-2-3-5-15(14)22-16/h2-9,11,16H,10H2,1H3,(H,19,20)/t11-,16-/m0/s1. The highest BCUT2D eigenvalue weighted by Crippen LogP contribution is 2.31. The predicted molar refractivity (Wildman–Crippen MR) is 87.4 cm³/mol. The Morgan fingerprint density at radius 1 is 1.18 bits per heavy atom. The van der Waals surface area contributed by atoms with Gasteiger partial charge in [0.25, 0.3) is 5.91 Å². The smallest absolute Gasteiger partial charge is 0.251 e. The van der Waals surface area contributed by atoms with Crippen LogP contribution in [0.2, 0.25) is 0 Å². The quantitative estimate of drug-likeness (QED) is 0.911. The van der Waals surface area contributed by atoms with Crippen LogP contribution in [0.5, 0.6) is 11.5 Å². The van der Waals surface area contributed by atoms with Crippen LogP contribution in [0, 0.1) is 0 Å². The number of carbonyl (C=O) groups excluding carboxylic acids is 1. The molecule has 4 nitrogen and oxygen atoms in total. The normalized spacial score (nSPS) is 17.6. The van der Waals surface area contributed by atoms with Crippen molar-refractivity contribution in [3.63, 3.8) is 0 Å². The molecule has 2 atom stereocenters. The Bertz CT molecular complexity index is 672. The van der Waals surface area contributed by atoms with E-state index in [-0.39, 0.29) is 18.1 Å². The summed E-state index contributed by atoms with van der Waals surface area (Å²) < 4.78 is 12.5. The van der Waals surface area contributed by atoms with Crippen molar-refractivity contribution in [3.05, 3.63) is 58.6 Å². The van der Waals surface area contributed by atoms with Crippen molar-refractivity contribution < 1.29 is 14.3 Å². The molecule has 0 aromatic heterocycles. The Kier molecular flexibility index (Phi) is 4.34. The number of amides is 1. The Balaban J connectivity index is 1.64. The van der Waals surface area contributed by atoms with Crippen molar-refractivity contribution in [1.29, 1.82) is 0 Å². The lowest BCUT2D eigenvalue weighted by Gasteiger charge is -2.30. The van der Waals surface area contributed by atoms with Crippen LogP contribution in [-0.4, -0.2) is 24.7 Å². The van der Waals surface area contributed by atoms with E-state index >= 15 is 0 Å². The second-order valence-corrected chi connectivity index (χ2v) is 6.10. The fourth-order valence-corrected chi connectivity index (χ4v) is 2.53. The first-order valence-corrected chi connectivity index (χ1v) is 7.88. The summed E-state index contributed by atoms with van der Waals surface area (Å²) in [5.74, 6) is 1.33. The van der Waals surface area contributed by atoms with Gasteiger partial charge in [-0.2, -0.15) is 0 Å². The van der Waals surface area contributed by atoms with E-state index in [1.165, 1.54) is 0 Å².